The van der Waals surface area contributed by atoms with Gasteiger partial charge >= 0.3 is 0 Å². The van der Waals surface area contributed by atoms with Gasteiger partial charge in [-0.05, 0) is 18.2 Å². The van der Waals surface area contributed by atoms with Crippen LogP contribution in [0.4, 0.5) is 22.9 Å². The molecule has 1 aliphatic heterocycles. The average molecular weight is 466 g/mol. The zero-order valence-corrected chi connectivity index (χ0v) is 19.4. The molecule has 0 atom stereocenters. The Morgan fingerprint density at radius 3 is 2.63 bits per heavy atom. The van der Waals surface area contributed by atoms with Gasteiger partial charge < -0.3 is 5.43 Å². The van der Waals surface area contributed by atoms with Gasteiger partial charge in [-0.25, -0.2) is 9.67 Å². The number of rotatable bonds is 4. The summed E-state index contributed by atoms with van der Waals surface area (Å²) in [5.74, 6) is 1.25. The number of hydrazine groups is 2. The number of hydrogen-bond donors (Lipinski definition) is 5. The predicted octanol–water partition coefficient (Wildman–Crippen LogP) is 4.27. The first kappa shape index (κ1) is 20.6. The number of fused-ring (bicyclic) bond motifs is 4. The van der Waals surface area contributed by atoms with Crippen LogP contribution in [0.2, 0.25) is 0 Å². The molecule has 174 valence electrons. The van der Waals surface area contributed by atoms with Gasteiger partial charge in [0.2, 0.25) is 5.65 Å². The molecule has 11 nitrogen and oxygen atoms in total. The number of anilines is 4. The largest absolute Gasteiger partial charge is 0.301 e. The summed E-state index contributed by atoms with van der Waals surface area (Å²) >= 11 is 0. The van der Waals surface area contributed by atoms with Gasteiger partial charge in [0.05, 0.1) is 29.0 Å². The average Bonchev–Trinajstić information content (AvgIpc) is 3.55. The van der Waals surface area contributed by atoms with Crippen molar-refractivity contribution >= 4 is 28.5 Å². The molecule has 5 aromatic rings. The van der Waals surface area contributed by atoms with Crippen LogP contribution in [0, 0.1) is 11.3 Å². The van der Waals surface area contributed by atoms with Gasteiger partial charge in [0.1, 0.15) is 17.3 Å². The number of H-pyrrole nitrogens is 1. The third kappa shape index (κ3) is 3.39. The molecule has 0 radical (unpaired) electrons. The Balaban J connectivity index is 1.35. The van der Waals surface area contributed by atoms with Crippen LogP contribution < -0.4 is 21.7 Å². The van der Waals surface area contributed by atoms with Crippen LogP contribution in [0.15, 0.2) is 54.7 Å². The van der Waals surface area contributed by atoms with Crippen LogP contribution in [0.5, 0.6) is 0 Å². The van der Waals surface area contributed by atoms with E-state index in [-0.39, 0.29) is 5.41 Å². The second-order valence-electron chi connectivity index (χ2n) is 9.31. The summed E-state index contributed by atoms with van der Waals surface area (Å²) < 4.78 is 3.41. The Morgan fingerprint density at radius 1 is 1.03 bits per heavy atom. The molecule has 0 amide bonds. The molecule has 11 heteroatoms. The molecule has 0 spiro atoms. The monoisotopic (exact) mass is 465 g/mol. The van der Waals surface area contributed by atoms with Crippen LogP contribution in [0.1, 0.15) is 32.0 Å². The first-order chi connectivity index (χ1) is 16.9. The molecule has 1 aliphatic rings. The molecular formula is C24H23N11. The van der Waals surface area contributed by atoms with Crippen molar-refractivity contribution in [2.24, 2.45) is 0 Å². The van der Waals surface area contributed by atoms with Gasteiger partial charge in [-0.3, -0.25) is 21.4 Å². The Hall–Kier alpha value is -4.98. The van der Waals surface area contributed by atoms with Gasteiger partial charge in [-0.15, -0.1) is 5.10 Å². The van der Waals surface area contributed by atoms with Gasteiger partial charge in [-0.2, -0.15) is 15.0 Å². The molecule has 2 aromatic carbocycles. The predicted molar refractivity (Wildman–Crippen MR) is 134 cm³/mol. The van der Waals surface area contributed by atoms with E-state index in [0.717, 1.165) is 34.0 Å². The lowest BCUT2D eigenvalue weighted by Crippen LogP contribution is -2.21. The highest BCUT2D eigenvalue weighted by atomic mass is 15.5. The fraction of sp³-hybridized carbons (Fsp3) is 0.167. The Labute approximate surface area is 200 Å². The van der Waals surface area contributed by atoms with E-state index in [2.05, 4.69) is 63.8 Å². The smallest absolute Gasteiger partial charge is 0.201 e. The van der Waals surface area contributed by atoms with E-state index in [9.17, 15) is 5.26 Å². The Morgan fingerprint density at radius 2 is 1.86 bits per heavy atom. The zero-order valence-electron chi connectivity index (χ0n) is 19.4. The van der Waals surface area contributed by atoms with E-state index in [1.807, 2.05) is 48.5 Å². The number of aromatic amines is 1. The van der Waals surface area contributed by atoms with E-state index in [4.69, 9.17) is 4.98 Å². The molecule has 6 rings (SSSR count). The van der Waals surface area contributed by atoms with Crippen molar-refractivity contribution in [3.63, 3.8) is 0 Å². The van der Waals surface area contributed by atoms with Gasteiger partial charge in [0.15, 0.2) is 11.6 Å². The Bertz CT molecular complexity index is 1590. The summed E-state index contributed by atoms with van der Waals surface area (Å²) in [7, 11) is 0. The quantitative estimate of drug-likeness (QED) is 0.248. The lowest BCUT2D eigenvalue weighted by atomic mass is 9.91. The maximum absolute atomic E-state index is 9.32. The van der Waals surface area contributed by atoms with E-state index in [0.29, 0.717) is 22.9 Å². The molecule has 0 unspecified atom stereocenters. The minimum absolute atomic E-state index is 0.178. The van der Waals surface area contributed by atoms with Gasteiger partial charge in [0, 0.05) is 11.0 Å². The molecular weight excluding hydrogens is 442 g/mol. The fourth-order valence-corrected chi connectivity index (χ4v) is 4.08. The standard InChI is InChI=1S/C24H23N11/c1-24(2,3)20-19(23-27-21(33-35(23)32-20)14-7-5-4-6-8-14)30-28-16-9-10-17-18(11-16)34-22(31-29-17)15(12-25)13-26-34/h4-11,13,28-32H,1-3H3. The molecule has 3 aromatic heterocycles. The molecule has 0 saturated carbocycles. The maximum Gasteiger partial charge on any atom is 0.201 e. The van der Waals surface area contributed by atoms with Crippen molar-refractivity contribution in [1.29, 1.82) is 5.26 Å². The summed E-state index contributed by atoms with van der Waals surface area (Å²) in [4.78, 5) is 4.80. The number of nitrogens with zero attached hydrogens (tertiary/aromatic N) is 6. The topological polar surface area (TPSA) is 136 Å². The minimum Gasteiger partial charge on any atom is -0.301 e. The molecule has 0 fully saturated rings. The highest BCUT2D eigenvalue weighted by Crippen LogP contribution is 2.34. The second kappa shape index (κ2) is 7.53. The maximum atomic E-state index is 9.32. The lowest BCUT2D eigenvalue weighted by Gasteiger charge is -2.23. The van der Waals surface area contributed by atoms with Crippen molar-refractivity contribution in [3.8, 4) is 23.1 Å². The minimum atomic E-state index is -0.178. The van der Waals surface area contributed by atoms with E-state index in [1.54, 1.807) is 15.5 Å². The van der Waals surface area contributed by atoms with E-state index in [1.165, 1.54) is 0 Å². The molecule has 35 heavy (non-hydrogen) atoms. The first-order valence-electron chi connectivity index (χ1n) is 11.1. The zero-order chi connectivity index (χ0) is 24.2. The van der Waals surface area contributed by atoms with Crippen LogP contribution in [0.3, 0.4) is 0 Å². The summed E-state index contributed by atoms with van der Waals surface area (Å²) in [6.45, 7) is 6.39. The number of hydrogen-bond acceptors (Lipinski definition) is 8. The van der Waals surface area contributed by atoms with E-state index < -0.39 is 0 Å². The first-order valence-corrected chi connectivity index (χ1v) is 11.1. The second-order valence-corrected chi connectivity index (χ2v) is 9.31. The van der Waals surface area contributed by atoms with Crippen molar-refractivity contribution in [2.75, 3.05) is 21.7 Å². The molecule has 0 bridgehead atoms. The normalized spacial score (nSPS) is 12.3. The molecule has 4 heterocycles. The fourth-order valence-electron chi connectivity index (χ4n) is 4.08. The van der Waals surface area contributed by atoms with Crippen molar-refractivity contribution < 1.29 is 0 Å². The van der Waals surface area contributed by atoms with Crippen LogP contribution >= 0.6 is 0 Å². The molecule has 5 N–H and O–H groups in total. The van der Waals surface area contributed by atoms with Crippen molar-refractivity contribution in [1.82, 2.24) is 29.6 Å². The van der Waals surface area contributed by atoms with Gasteiger partial charge in [0.25, 0.3) is 0 Å². The number of benzene rings is 2. The van der Waals surface area contributed by atoms with E-state index >= 15 is 0 Å². The van der Waals surface area contributed by atoms with Crippen LogP contribution in [0.25, 0.3) is 22.7 Å². The molecule has 0 aliphatic carbocycles. The number of nitriles is 1. The highest BCUT2D eigenvalue weighted by molar-refractivity contribution is 5.78. The van der Waals surface area contributed by atoms with Crippen LogP contribution in [-0.4, -0.2) is 29.6 Å². The summed E-state index contributed by atoms with van der Waals surface area (Å²) in [6.07, 6.45) is 1.54. The summed E-state index contributed by atoms with van der Waals surface area (Å²) in [5.41, 5.74) is 19.0. The highest BCUT2D eigenvalue weighted by Gasteiger charge is 2.26. The van der Waals surface area contributed by atoms with Gasteiger partial charge in [-0.1, -0.05) is 51.1 Å². The SMILES string of the molecule is CC(C)(C)c1[nH]n2nc(-c3ccccc3)nc2c1NNc1ccc2c(c1)-n1ncc(C#N)c1NN2. The summed E-state index contributed by atoms with van der Waals surface area (Å²) in [6, 6.07) is 17.9. The Kier molecular flexibility index (Phi) is 4.43. The summed E-state index contributed by atoms with van der Waals surface area (Å²) in [5, 5.41) is 21.7. The van der Waals surface area contributed by atoms with Crippen molar-refractivity contribution in [2.45, 2.75) is 26.2 Å². The number of aromatic nitrogens is 6. The lowest BCUT2D eigenvalue weighted by molar-refractivity contribution is 0.558. The third-order valence-corrected chi connectivity index (χ3v) is 5.84. The van der Waals surface area contributed by atoms with Crippen LogP contribution in [-0.2, 0) is 5.41 Å². The third-order valence-electron chi connectivity index (χ3n) is 5.84. The van der Waals surface area contributed by atoms with Crippen molar-refractivity contribution in [3.05, 3.63) is 66.0 Å². The number of nitrogens with one attached hydrogen (secondary N) is 5. The molecule has 0 saturated heterocycles.